The lowest BCUT2D eigenvalue weighted by Crippen LogP contribution is -2.13. The molecule has 0 aliphatic rings. The molecule has 0 amide bonds. The minimum Gasteiger partial charge on any atom is -0.397 e. The summed E-state index contributed by atoms with van der Waals surface area (Å²) in [5.41, 5.74) is 6.25. The summed E-state index contributed by atoms with van der Waals surface area (Å²) in [7, 11) is -3.85. The number of nitriles is 1. The van der Waals surface area contributed by atoms with E-state index in [0.717, 1.165) is 0 Å². The Kier molecular flexibility index (Phi) is 4.28. The summed E-state index contributed by atoms with van der Waals surface area (Å²) in [5, 5.41) is 9.14. The number of rotatable bonds is 3. The van der Waals surface area contributed by atoms with E-state index in [4.69, 9.17) is 34.2 Å². The number of nitrogen functional groups attached to an aromatic ring is 1. The van der Waals surface area contributed by atoms with Gasteiger partial charge in [-0.1, -0.05) is 23.2 Å². The smallest absolute Gasteiger partial charge is 0.262 e. The molecule has 2 aromatic rings. The Hall–Kier alpha value is -1.94. The fraction of sp³-hybridized carbons (Fsp3) is 0. The lowest BCUT2D eigenvalue weighted by Gasteiger charge is -2.10. The number of nitrogens with two attached hydrogens (primary N) is 1. The lowest BCUT2D eigenvalue weighted by molar-refractivity contribution is 0.601. The number of anilines is 2. The first-order valence-corrected chi connectivity index (χ1v) is 7.85. The zero-order valence-corrected chi connectivity index (χ0v) is 12.8. The molecule has 2 rings (SSSR count). The Balaban J connectivity index is 2.37. The molecule has 108 valence electrons. The van der Waals surface area contributed by atoms with E-state index in [-0.39, 0.29) is 26.3 Å². The molecule has 0 fully saturated rings. The predicted octanol–water partition coefficient (Wildman–Crippen LogP) is 3.25. The van der Waals surface area contributed by atoms with Crippen LogP contribution in [0.1, 0.15) is 5.56 Å². The maximum absolute atomic E-state index is 12.2. The van der Waals surface area contributed by atoms with Crippen molar-refractivity contribution in [1.29, 1.82) is 5.26 Å². The molecule has 0 atom stereocenters. The summed E-state index contributed by atoms with van der Waals surface area (Å²) in [6, 6.07) is 10.1. The molecule has 2 aromatic carbocycles. The number of nitrogens with one attached hydrogen (secondary N) is 1. The SMILES string of the molecule is N#Cc1ccc(NS(=O)(=O)c2ccc(Cl)c(N)c2)c(Cl)c1. The van der Waals surface area contributed by atoms with Gasteiger partial charge in [0.05, 0.1) is 37.9 Å². The van der Waals surface area contributed by atoms with Crippen molar-refractivity contribution in [2.45, 2.75) is 4.90 Å². The van der Waals surface area contributed by atoms with E-state index >= 15 is 0 Å². The molecular weight excluding hydrogens is 333 g/mol. The summed E-state index contributed by atoms with van der Waals surface area (Å²) in [6.45, 7) is 0. The van der Waals surface area contributed by atoms with Crippen molar-refractivity contribution >= 4 is 44.6 Å². The molecule has 0 saturated heterocycles. The third-order valence-electron chi connectivity index (χ3n) is 2.62. The quantitative estimate of drug-likeness (QED) is 0.837. The number of nitrogens with zero attached hydrogens (tertiary/aromatic N) is 1. The highest BCUT2D eigenvalue weighted by molar-refractivity contribution is 7.92. The minimum atomic E-state index is -3.85. The zero-order chi connectivity index (χ0) is 15.6. The van der Waals surface area contributed by atoms with E-state index in [1.54, 1.807) is 0 Å². The van der Waals surface area contributed by atoms with Gasteiger partial charge in [-0.25, -0.2) is 8.42 Å². The van der Waals surface area contributed by atoms with Gasteiger partial charge in [0, 0.05) is 0 Å². The van der Waals surface area contributed by atoms with Gasteiger partial charge in [0.25, 0.3) is 10.0 Å². The number of halogens is 2. The Morgan fingerprint density at radius 2 is 1.81 bits per heavy atom. The van der Waals surface area contributed by atoms with Crippen LogP contribution in [0.4, 0.5) is 11.4 Å². The van der Waals surface area contributed by atoms with E-state index in [1.165, 1.54) is 36.4 Å². The molecule has 0 radical (unpaired) electrons. The summed E-state index contributed by atoms with van der Waals surface area (Å²) in [5.74, 6) is 0. The zero-order valence-electron chi connectivity index (χ0n) is 10.5. The number of hydrogen-bond acceptors (Lipinski definition) is 4. The molecule has 0 heterocycles. The van der Waals surface area contributed by atoms with E-state index < -0.39 is 10.0 Å². The van der Waals surface area contributed by atoms with Crippen LogP contribution < -0.4 is 10.5 Å². The van der Waals surface area contributed by atoms with Crippen LogP contribution in [0, 0.1) is 11.3 Å². The number of benzene rings is 2. The summed E-state index contributed by atoms with van der Waals surface area (Å²) in [6.07, 6.45) is 0. The van der Waals surface area contributed by atoms with Crippen LogP contribution in [-0.4, -0.2) is 8.42 Å². The first-order chi connectivity index (χ1) is 9.83. The van der Waals surface area contributed by atoms with Crippen LogP contribution in [0.25, 0.3) is 0 Å². The lowest BCUT2D eigenvalue weighted by atomic mass is 10.2. The Morgan fingerprint density at radius 3 is 2.38 bits per heavy atom. The van der Waals surface area contributed by atoms with Gasteiger partial charge in [0.2, 0.25) is 0 Å². The van der Waals surface area contributed by atoms with Crippen molar-refractivity contribution in [3.63, 3.8) is 0 Å². The fourth-order valence-corrected chi connectivity index (χ4v) is 3.08. The average Bonchev–Trinajstić information content (AvgIpc) is 2.43. The molecule has 8 heteroatoms. The van der Waals surface area contributed by atoms with Gasteiger partial charge in [-0.2, -0.15) is 5.26 Å². The second-order valence-corrected chi connectivity index (χ2v) is 6.59. The highest BCUT2D eigenvalue weighted by atomic mass is 35.5. The van der Waals surface area contributed by atoms with E-state index in [2.05, 4.69) is 4.72 Å². The highest BCUT2D eigenvalue weighted by Gasteiger charge is 2.17. The van der Waals surface area contributed by atoms with Crippen LogP contribution in [0.15, 0.2) is 41.3 Å². The van der Waals surface area contributed by atoms with Crippen molar-refractivity contribution in [3.05, 3.63) is 52.0 Å². The van der Waals surface area contributed by atoms with Crippen LogP contribution >= 0.6 is 23.2 Å². The van der Waals surface area contributed by atoms with Crippen LogP contribution in [0.5, 0.6) is 0 Å². The van der Waals surface area contributed by atoms with Crippen molar-refractivity contribution in [1.82, 2.24) is 0 Å². The maximum atomic E-state index is 12.2. The van der Waals surface area contributed by atoms with Crippen molar-refractivity contribution in [2.75, 3.05) is 10.5 Å². The molecule has 0 bridgehead atoms. The molecule has 3 N–H and O–H groups in total. The van der Waals surface area contributed by atoms with E-state index in [9.17, 15) is 8.42 Å². The maximum Gasteiger partial charge on any atom is 0.262 e. The molecule has 0 aromatic heterocycles. The Morgan fingerprint density at radius 1 is 1.10 bits per heavy atom. The normalized spacial score (nSPS) is 10.9. The molecule has 21 heavy (non-hydrogen) atoms. The Labute approximate surface area is 132 Å². The standard InChI is InChI=1S/C13H9Cl2N3O2S/c14-10-3-2-9(6-12(10)17)21(19,20)18-13-4-1-8(7-16)5-11(13)15/h1-6,18H,17H2. The van der Waals surface area contributed by atoms with Crippen molar-refractivity contribution in [3.8, 4) is 6.07 Å². The van der Waals surface area contributed by atoms with Gasteiger partial charge < -0.3 is 5.73 Å². The summed E-state index contributed by atoms with van der Waals surface area (Å²) < 4.78 is 26.8. The third kappa shape index (κ3) is 3.39. The second-order valence-electron chi connectivity index (χ2n) is 4.10. The van der Waals surface area contributed by atoms with Gasteiger partial charge in [-0.15, -0.1) is 0 Å². The minimum absolute atomic E-state index is 0.0372. The molecule has 0 saturated carbocycles. The molecule has 0 aliphatic carbocycles. The Bertz CT molecular complexity index is 845. The molecular formula is C13H9Cl2N3O2S. The fourth-order valence-electron chi connectivity index (χ4n) is 1.56. The molecule has 0 unspecified atom stereocenters. The van der Waals surface area contributed by atoms with Gasteiger partial charge in [0.1, 0.15) is 0 Å². The first-order valence-electron chi connectivity index (χ1n) is 5.61. The van der Waals surface area contributed by atoms with E-state index in [0.29, 0.717) is 5.56 Å². The van der Waals surface area contributed by atoms with E-state index in [1.807, 2.05) is 6.07 Å². The largest absolute Gasteiger partial charge is 0.397 e. The summed E-state index contributed by atoms with van der Waals surface area (Å²) in [4.78, 5) is -0.0372. The number of hydrogen-bond donors (Lipinski definition) is 2. The van der Waals surface area contributed by atoms with Crippen LogP contribution in [-0.2, 0) is 10.0 Å². The van der Waals surface area contributed by atoms with Crippen LogP contribution in [0.2, 0.25) is 10.0 Å². The topological polar surface area (TPSA) is 96.0 Å². The van der Waals surface area contributed by atoms with Gasteiger partial charge in [0.15, 0.2) is 0 Å². The molecule has 5 nitrogen and oxygen atoms in total. The van der Waals surface area contributed by atoms with Gasteiger partial charge in [-0.05, 0) is 36.4 Å². The first kappa shape index (κ1) is 15.4. The van der Waals surface area contributed by atoms with Crippen molar-refractivity contribution in [2.24, 2.45) is 0 Å². The average molecular weight is 342 g/mol. The predicted molar refractivity (Wildman–Crippen MR) is 82.8 cm³/mol. The summed E-state index contributed by atoms with van der Waals surface area (Å²) >= 11 is 11.7. The highest BCUT2D eigenvalue weighted by Crippen LogP contribution is 2.27. The van der Waals surface area contributed by atoms with Gasteiger partial charge in [-0.3, -0.25) is 4.72 Å². The van der Waals surface area contributed by atoms with Crippen LogP contribution in [0.3, 0.4) is 0 Å². The van der Waals surface area contributed by atoms with Gasteiger partial charge >= 0.3 is 0 Å². The second kappa shape index (κ2) is 5.82. The number of sulfonamides is 1. The molecule has 0 spiro atoms. The van der Waals surface area contributed by atoms with Crippen molar-refractivity contribution < 1.29 is 8.42 Å². The molecule has 0 aliphatic heterocycles. The monoisotopic (exact) mass is 341 g/mol. The third-order valence-corrected chi connectivity index (χ3v) is 4.64.